The van der Waals surface area contributed by atoms with Crippen molar-refractivity contribution in [2.45, 2.75) is 11.8 Å². The lowest BCUT2D eigenvalue weighted by Gasteiger charge is -2.13. The fraction of sp³-hybridized carbons (Fsp3) is 0.0370. The molecule has 4 aromatic carbocycles. The van der Waals surface area contributed by atoms with Crippen LogP contribution in [0.4, 0.5) is 0 Å². The number of imidazole rings is 1. The van der Waals surface area contributed by atoms with Crippen molar-refractivity contribution in [2.75, 3.05) is 0 Å². The summed E-state index contributed by atoms with van der Waals surface area (Å²) in [7, 11) is 0. The Balaban J connectivity index is 1.51. The number of rotatable bonds is 6. The highest BCUT2D eigenvalue weighted by atomic mass is 35.5. The molecule has 33 heavy (non-hydrogen) atoms. The summed E-state index contributed by atoms with van der Waals surface area (Å²) in [4.78, 5) is 8.37. The summed E-state index contributed by atoms with van der Waals surface area (Å²) in [6.07, 6.45) is 1.87. The van der Waals surface area contributed by atoms with E-state index in [0.29, 0.717) is 27.4 Å². The van der Waals surface area contributed by atoms with Crippen molar-refractivity contribution in [1.29, 1.82) is 5.26 Å². The summed E-state index contributed by atoms with van der Waals surface area (Å²) in [6.45, 7) is 0.398. The van der Waals surface area contributed by atoms with Crippen molar-refractivity contribution in [3.8, 4) is 11.8 Å². The van der Waals surface area contributed by atoms with Crippen LogP contribution in [0.25, 0.3) is 27.9 Å². The Labute approximate surface area is 200 Å². The van der Waals surface area contributed by atoms with Crippen molar-refractivity contribution in [3.63, 3.8) is 0 Å². The van der Waals surface area contributed by atoms with Crippen LogP contribution in [-0.2, 0) is 6.61 Å². The first-order valence-corrected chi connectivity index (χ1v) is 11.5. The number of H-pyrrole nitrogens is 1. The number of allylic oxidation sites excluding steroid dienone is 1. The van der Waals surface area contributed by atoms with E-state index in [2.05, 4.69) is 16.0 Å². The highest BCUT2D eigenvalue weighted by Crippen LogP contribution is 2.34. The smallest absolute Gasteiger partial charge is 0.171 e. The topological polar surface area (TPSA) is 61.7 Å². The molecule has 0 aliphatic rings. The number of thioether (sulfide) groups is 1. The summed E-state index contributed by atoms with van der Waals surface area (Å²) in [6, 6.07) is 29.7. The van der Waals surface area contributed by atoms with Crippen molar-refractivity contribution < 1.29 is 4.74 Å². The van der Waals surface area contributed by atoms with Gasteiger partial charge in [0.25, 0.3) is 0 Å². The van der Waals surface area contributed by atoms with E-state index in [1.165, 1.54) is 11.8 Å². The normalized spacial score (nSPS) is 11.6. The molecule has 4 nitrogen and oxygen atoms in total. The zero-order valence-electron chi connectivity index (χ0n) is 17.5. The van der Waals surface area contributed by atoms with E-state index < -0.39 is 0 Å². The first-order chi connectivity index (χ1) is 16.2. The molecule has 5 rings (SSSR count). The molecule has 1 N–H and O–H groups in total. The Morgan fingerprint density at radius 1 is 1.00 bits per heavy atom. The van der Waals surface area contributed by atoms with Gasteiger partial charge in [0.2, 0.25) is 0 Å². The van der Waals surface area contributed by atoms with Gasteiger partial charge in [0.05, 0.1) is 15.9 Å². The molecule has 0 saturated heterocycles. The summed E-state index contributed by atoms with van der Waals surface area (Å²) in [5.41, 5.74) is 3.69. The summed E-state index contributed by atoms with van der Waals surface area (Å²) in [5, 5.41) is 13.3. The number of nitrogens with one attached hydrogen (secondary N) is 1. The monoisotopic (exact) mass is 467 g/mol. The van der Waals surface area contributed by atoms with Crippen LogP contribution in [0.1, 0.15) is 11.1 Å². The minimum absolute atomic E-state index is 0.398. The van der Waals surface area contributed by atoms with E-state index >= 15 is 0 Å². The molecule has 0 bridgehead atoms. The highest BCUT2D eigenvalue weighted by molar-refractivity contribution is 8.03. The van der Waals surface area contributed by atoms with Gasteiger partial charge in [0, 0.05) is 10.6 Å². The standard InChI is InChI=1S/C27H18ClN3OS/c28-20-12-9-18(10-13-20)17-32-26-14-11-19-5-1-2-6-22(19)23(26)15-21(16-29)33-27-30-24-7-3-4-8-25(24)31-27/h1-15H,17H2,(H,30,31)/b21-15+. The van der Waals surface area contributed by atoms with E-state index in [9.17, 15) is 5.26 Å². The minimum atomic E-state index is 0.398. The van der Waals surface area contributed by atoms with Crippen LogP contribution in [0.15, 0.2) is 95.0 Å². The van der Waals surface area contributed by atoms with E-state index in [1.807, 2.05) is 91.0 Å². The van der Waals surface area contributed by atoms with Crippen molar-refractivity contribution >= 4 is 51.2 Å². The van der Waals surface area contributed by atoms with Crippen LogP contribution in [0, 0.1) is 11.3 Å². The number of hydrogen-bond donors (Lipinski definition) is 1. The lowest BCUT2D eigenvalue weighted by molar-refractivity contribution is 0.306. The molecule has 0 fully saturated rings. The average molecular weight is 468 g/mol. The van der Waals surface area contributed by atoms with Crippen molar-refractivity contribution in [2.24, 2.45) is 0 Å². The van der Waals surface area contributed by atoms with Gasteiger partial charge in [-0.3, -0.25) is 0 Å². The summed E-state index contributed by atoms with van der Waals surface area (Å²) < 4.78 is 6.19. The second kappa shape index (κ2) is 9.41. The number of ether oxygens (including phenoxy) is 1. The molecule has 6 heteroatoms. The lowest BCUT2D eigenvalue weighted by atomic mass is 10.0. The number of benzene rings is 4. The Hall–Kier alpha value is -3.72. The molecular formula is C27H18ClN3OS. The Kier molecular flexibility index (Phi) is 6.03. The fourth-order valence-electron chi connectivity index (χ4n) is 3.59. The van der Waals surface area contributed by atoms with E-state index in [-0.39, 0.29) is 0 Å². The predicted molar refractivity (Wildman–Crippen MR) is 135 cm³/mol. The maximum atomic E-state index is 9.89. The number of fused-ring (bicyclic) bond motifs is 2. The van der Waals surface area contributed by atoms with Crippen molar-refractivity contribution in [1.82, 2.24) is 9.97 Å². The van der Waals surface area contributed by atoms with Crippen LogP contribution in [0.5, 0.6) is 5.75 Å². The van der Waals surface area contributed by atoms with Gasteiger partial charge >= 0.3 is 0 Å². The van der Waals surface area contributed by atoms with Gasteiger partial charge in [-0.15, -0.1) is 0 Å². The maximum Gasteiger partial charge on any atom is 0.171 e. The van der Waals surface area contributed by atoms with Gasteiger partial charge in [-0.25, -0.2) is 4.98 Å². The highest BCUT2D eigenvalue weighted by Gasteiger charge is 2.12. The Morgan fingerprint density at radius 3 is 2.61 bits per heavy atom. The van der Waals surface area contributed by atoms with Gasteiger partial charge in [0.15, 0.2) is 5.16 Å². The molecule has 0 amide bonds. The van der Waals surface area contributed by atoms with Crippen LogP contribution < -0.4 is 4.74 Å². The SMILES string of the molecule is N#C/C(=C\c1c(OCc2ccc(Cl)cc2)ccc2ccccc12)Sc1nc2ccccc2[nH]1. The minimum Gasteiger partial charge on any atom is -0.488 e. The predicted octanol–water partition coefficient (Wildman–Crippen LogP) is 7.61. The lowest BCUT2D eigenvalue weighted by Crippen LogP contribution is -1.97. The van der Waals surface area contributed by atoms with Gasteiger partial charge in [-0.2, -0.15) is 5.26 Å². The number of aromatic nitrogens is 2. The molecule has 0 aliphatic heterocycles. The molecule has 160 valence electrons. The zero-order valence-corrected chi connectivity index (χ0v) is 19.0. The molecule has 0 aliphatic carbocycles. The third kappa shape index (κ3) is 4.73. The number of nitrogens with zero attached hydrogens (tertiary/aromatic N) is 2. The molecule has 0 spiro atoms. The molecule has 0 atom stereocenters. The van der Waals surface area contributed by atoms with Gasteiger partial charge in [-0.1, -0.05) is 66.2 Å². The van der Waals surface area contributed by atoms with E-state index in [4.69, 9.17) is 16.3 Å². The molecule has 0 saturated carbocycles. The van der Waals surface area contributed by atoms with Crippen LogP contribution in [0.2, 0.25) is 5.02 Å². The van der Waals surface area contributed by atoms with Crippen LogP contribution >= 0.6 is 23.4 Å². The third-order valence-corrected chi connectivity index (χ3v) is 6.27. The summed E-state index contributed by atoms with van der Waals surface area (Å²) in [5.74, 6) is 0.710. The second-order valence-electron chi connectivity index (χ2n) is 7.40. The van der Waals surface area contributed by atoms with Crippen LogP contribution in [0.3, 0.4) is 0 Å². The molecular weight excluding hydrogens is 450 g/mol. The van der Waals surface area contributed by atoms with Gasteiger partial charge in [-0.05, 0) is 64.5 Å². The number of hydrogen-bond acceptors (Lipinski definition) is 4. The molecule has 0 radical (unpaired) electrons. The quantitative estimate of drug-likeness (QED) is 0.206. The van der Waals surface area contributed by atoms with Crippen molar-refractivity contribution in [3.05, 3.63) is 106 Å². The maximum absolute atomic E-state index is 9.89. The zero-order chi connectivity index (χ0) is 22.6. The first-order valence-electron chi connectivity index (χ1n) is 10.3. The number of halogens is 1. The Morgan fingerprint density at radius 2 is 1.79 bits per heavy atom. The molecule has 5 aromatic rings. The number of aromatic amines is 1. The first kappa shape index (κ1) is 21.1. The third-order valence-electron chi connectivity index (χ3n) is 5.20. The van der Waals surface area contributed by atoms with Gasteiger partial charge < -0.3 is 9.72 Å². The van der Waals surface area contributed by atoms with E-state index in [1.54, 1.807) is 0 Å². The summed E-state index contributed by atoms with van der Waals surface area (Å²) >= 11 is 7.30. The van der Waals surface area contributed by atoms with E-state index in [0.717, 1.165) is 32.9 Å². The fourth-order valence-corrected chi connectivity index (χ4v) is 4.45. The second-order valence-corrected chi connectivity index (χ2v) is 8.86. The largest absolute Gasteiger partial charge is 0.488 e. The Bertz CT molecular complexity index is 1480. The van der Waals surface area contributed by atoms with Crippen LogP contribution in [-0.4, -0.2) is 9.97 Å². The number of para-hydroxylation sites is 2. The molecule has 1 aromatic heterocycles. The molecule has 0 unspecified atom stereocenters. The average Bonchev–Trinajstić information content (AvgIpc) is 3.26. The number of nitriles is 1. The molecule has 1 heterocycles. The van der Waals surface area contributed by atoms with Gasteiger partial charge in [0.1, 0.15) is 18.4 Å².